The molecule has 0 bridgehead atoms. The molecule has 1 amide bonds. The number of hydrogen-bond donors (Lipinski definition) is 2. The number of phenolic OH excluding ortho intramolecular Hbond substituents is 1. The largest absolute Gasteiger partial charge is 0.508 e. The molecule has 0 heterocycles. The third kappa shape index (κ3) is 4.06. The fourth-order valence-corrected chi connectivity index (χ4v) is 4.24. The number of hydrogen-bond acceptors (Lipinski definition) is 3. The van der Waals surface area contributed by atoms with Crippen molar-refractivity contribution in [3.63, 3.8) is 0 Å². The van der Waals surface area contributed by atoms with Crippen LogP contribution in [0.1, 0.15) is 41.6 Å². The Balaban J connectivity index is 1.39. The van der Waals surface area contributed by atoms with Gasteiger partial charge in [-0.15, -0.1) is 0 Å². The van der Waals surface area contributed by atoms with Gasteiger partial charge in [0.25, 0.3) is 5.91 Å². The van der Waals surface area contributed by atoms with E-state index < -0.39 is 5.41 Å². The first-order chi connectivity index (χ1) is 14.6. The first kappa shape index (κ1) is 19.7. The fourth-order valence-electron chi connectivity index (χ4n) is 4.24. The van der Waals surface area contributed by atoms with Gasteiger partial charge in [0.15, 0.2) is 0 Å². The zero-order chi connectivity index (χ0) is 21.0. The van der Waals surface area contributed by atoms with E-state index in [-0.39, 0.29) is 17.7 Å². The Morgan fingerprint density at radius 3 is 2.23 bits per heavy atom. The number of carbonyl (C=O) groups is 1. The molecule has 0 unspecified atom stereocenters. The minimum absolute atomic E-state index is 0.0464. The molecule has 1 aliphatic carbocycles. The molecule has 0 aliphatic heterocycles. The average Bonchev–Trinajstić information content (AvgIpc) is 2.80. The molecule has 1 saturated carbocycles. The fraction of sp³-hybridized carbons (Fsp3) is 0.231. The summed E-state index contributed by atoms with van der Waals surface area (Å²) in [7, 11) is 0. The van der Waals surface area contributed by atoms with Gasteiger partial charge in [0, 0.05) is 11.6 Å². The zero-order valence-electron chi connectivity index (χ0n) is 16.7. The van der Waals surface area contributed by atoms with Crippen LogP contribution in [-0.2, 0) is 5.41 Å². The van der Waals surface area contributed by atoms with E-state index in [1.807, 2.05) is 60.7 Å². The van der Waals surface area contributed by atoms with E-state index in [1.54, 1.807) is 18.2 Å². The van der Waals surface area contributed by atoms with Crippen LogP contribution in [0.3, 0.4) is 0 Å². The smallest absolute Gasteiger partial charge is 0.251 e. The third-order valence-electron chi connectivity index (χ3n) is 6.04. The first-order valence-corrected chi connectivity index (χ1v) is 10.3. The third-order valence-corrected chi connectivity index (χ3v) is 6.04. The maximum atomic E-state index is 12.7. The van der Waals surface area contributed by atoms with Crippen molar-refractivity contribution in [3.8, 4) is 22.9 Å². The molecule has 3 aromatic rings. The Kier molecular flexibility index (Phi) is 5.54. The van der Waals surface area contributed by atoms with Crippen LogP contribution in [0.5, 0.6) is 5.75 Å². The monoisotopic (exact) mass is 396 g/mol. The molecule has 2 N–H and O–H groups in total. The molecule has 3 aromatic carbocycles. The zero-order valence-corrected chi connectivity index (χ0v) is 16.7. The van der Waals surface area contributed by atoms with Gasteiger partial charge in [0.2, 0.25) is 0 Å². The van der Waals surface area contributed by atoms with Crippen molar-refractivity contribution in [1.82, 2.24) is 5.32 Å². The predicted octanol–water partition coefficient (Wildman–Crippen LogP) is 5.19. The lowest BCUT2D eigenvalue weighted by Crippen LogP contribution is -2.41. The molecule has 4 heteroatoms. The van der Waals surface area contributed by atoms with Crippen molar-refractivity contribution < 1.29 is 9.90 Å². The van der Waals surface area contributed by atoms with Crippen LogP contribution in [0, 0.1) is 11.3 Å². The van der Waals surface area contributed by atoms with Crippen molar-refractivity contribution >= 4 is 5.91 Å². The van der Waals surface area contributed by atoms with Crippen LogP contribution in [0.4, 0.5) is 0 Å². The van der Waals surface area contributed by atoms with Crippen LogP contribution in [0.15, 0.2) is 78.9 Å². The topological polar surface area (TPSA) is 73.1 Å². The first-order valence-electron chi connectivity index (χ1n) is 10.3. The molecule has 0 saturated heterocycles. The van der Waals surface area contributed by atoms with Gasteiger partial charge in [-0.2, -0.15) is 5.26 Å². The van der Waals surface area contributed by atoms with Crippen molar-refractivity contribution in [1.29, 1.82) is 5.26 Å². The summed E-state index contributed by atoms with van der Waals surface area (Å²) >= 11 is 0. The van der Waals surface area contributed by atoms with Crippen molar-refractivity contribution in [2.45, 2.75) is 37.1 Å². The summed E-state index contributed by atoms with van der Waals surface area (Å²) in [5, 5.41) is 22.7. The van der Waals surface area contributed by atoms with Gasteiger partial charge >= 0.3 is 0 Å². The summed E-state index contributed by atoms with van der Waals surface area (Å²) in [6.45, 7) is 0. The Morgan fingerprint density at radius 2 is 1.60 bits per heavy atom. The van der Waals surface area contributed by atoms with Gasteiger partial charge in [-0.25, -0.2) is 0 Å². The number of nitrogens with one attached hydrogen (secondary N) is 1. The van der Waals surface area contributed by atoms with Gasteiger partial charge in [-0.3, -0.25) is 4.79 Å². The lowest BCUT2D eigenvalue weighted by molar-refractivity contribution is 0.0922. The lowest BCUT2D eigenvalue weighted by atomic mass is 9.69. The number of aromatic hydroxyl groups is 1. The molecule has 1 fully saturated rings. The minimum atomic E-state index is -0.600. The van der Waals surface area contributed by atoms with Gasteiger partial charge in [0.05, 0.1) is 11.5 Å². The Hall–Kier alpha value is -3.58. The second kappa shape index (κ2) is 8.42. The SMILES string of the molecule is N#C[C@]1(c2cccc(O)c2)CC[C@@H](NC(=O)c2ccc(-c3ccccc3)cc2)CC1. The van der Waals surface area contributed by atoms with Crippen LogP contribution < -0.4 is 5.32 Å². The average molecular weight is 396 g/mol. The highest BCUT2D eigenvalue weighted by Gasteiger charge is 2.37. The molecule has 4 rings (SSSR count). The molecule has 30 heavy (non-hydrogen) atoms. The molecule has 0 radical (unpaired) electrons. The number of nitriles is 1. The summed E-state index contributed by atoms with van der Waals surface area (Å²) in [5.41, 5.74) is 3.09. The second-order valence-electron chi connectivity index (χ2n) is 7.94. The van der Waals surface area contributed by atoms with Crippen LogP contribution in [0.25, 0.3) is 11.1 Å². The molecule has 0 atom stereocenters. The normalized spacial score (nSPS) is 20.8. The standard InChI is InChI=1S/C26H24N2O2/c27-18-26(22-7-4-8-24(29)17-22)15-13-23(14-16-26)28-25(30)21-11-9-20(10-12-21)19-5-2-1-3-6-19/h1-12,17,23,29H,13-16H2,(H,28,30)/t23-,26+. The molecule has 0 spiro atoms. The highest BCUT2D eigenvalue weighted by Crippen LogP contribution is 2.40. The van der Waals surface area contributed by atoms with E-state index in [2.05, 4.69) is 11.4 Å². The Bertz CT molecular complexity index is 1060. The van der Waals surface area contributed by atoms with Gasteiger partial charge < -0.3 is 10.4 Å². The van der Waals surface area contributed by atoms with Crippen LogP contribution in [-0.4, -0.2) is 17.1 Å². The van der Waals surface area contributed by atoms with Crippen molar-refractivity contribution in [2.24, 2.45) is 0 Å². The molecule has 150 valence electrons. The van der Waals surface area contributed by atoms with E-state index in [1.165, 1.54) is 0 Å². The Labute approximate surface area is 176 Å². The predicted molar refractivity (Wildman–Crippen MR) is 117 cm³/mol. The number of benzene rings is 3. The second-order valence-corrected chi connectivity index (χ2v) is 7.94. The Morgan fingerprint density at radius 1 is 0.933 bits per heavy atom. The molecule has 4 nitrogen and oxygen atoms in total. The van der Waals surface area contributed by atoms with Crippen molar-refractivity contribution in [2.75, 3.05) is 0 Å². The molecule has 1 aliphatic rings. The lowest BCUT2D eigenvalue weighted by Gasteiger charge is -2.35. The van der Waals surface area contributed by atoms with Gasteiger partial charge in [0.1, 0.15) is 5.75 Å². The molecular weight excluding hydrogens is 372 g/mol. The maximum absolute atomic E-state index is 12.7. The number of carbonyl (C=O) groups excluding carboxylic acids is 1. The summed E-state index contributed by atoms with van der Waals surface area (Å²) in [6, 6.07) is 27.2. The van der Waals surface area contributed by atoms with Gasteiger partial charge in [-0.05, 0) is 66.6 Å². The van der Waals surface area contributed by atoms with E-state index in [0.717, 1.165) is 29.5 Å². The highest BCUT2D eigenvalue weighted by molar-refractivity contribution is 5.94. The molecular formula is C26H24N2O2. The highest BCUT2D eigenvalue weighted by atomic mass is 16.3. The summed E-state index contributed by atoms with van der Waals surface area (Å²) < 4.78 is 0. The number of nitrogens with zero attached hydrogens (tertiary/aromatic N) is 1. The van der Waals surface area contributed by atoms with E-state index in [4.69, 9.17) is 0 Å². The van der Waals surface area contributed by atoms with Crippen LogP contribution in [0.2, 0.25) is 0 Å². The van der Waals surface area contributed by atoms with E-state index in [9.17, 15) is 15.2 Å². The van der Waals surface area contributed by atoms with E-state index in [0.29, 0.717) is 18.4 Å². The van der Waals surface area contributed by atoms with E-state index >= 15 is 0 Å². The summed E-state index contributed by atoms with van der Waals surface area (Å²) in [4.78, 5) is 12.7. The number of rotatable bonds is 4. The quantitative estimate of drug-likeness (QED) is 0.637. The molecule has 0 aromatic heterocycles. The van der Waals surface area contributed by atoms with Crippen LogP contribution >= 0.6 is 0 Å². The summed E-state index contributed by atoms with van der Waals surface area (Å²) in [6.07, 6.45) is 2.78. The summed E-state index contributed by atoms with van der Waals surface area (Å²) in [5.74, 6) is 0.0953. The maximum Gasteiger partial charge on any atom is 0.251 e. The number of amides is 1. The van der Waals surface area contributed by atoms with Gasteiger partial charge in [-0.1, -0.05) is 54.6 Å². The van der Waals surface area contributed by atoms with Crippen molar-refractivity contribution in [3.05, 3.63) is 90.0 Å². The number of phenols is 1. The minimum Gasteiger partial charge on any atom is -0.508 e.